The molecule has 0 saturated carbocycles. The Bertz CT molecular complexity index is 4160. The zero-order valence-electron chi connectivity index (χ0n) is 45.5. The molecule has 0 fully saturated rings. The number of fused-ring (bicyclic) bond motifs is 2. The van der Waals surface area contributed by atoms with Crippen molar-refractivity contribution in [2.75, 3.05) is 4.90 Å². The van der Waals surface area contributed by atoms with Crippen LogP contribution in [0, 0.1) is 0 Å². The Morgan fingerprint density at radius 1 is 0.232 bits per heavy atom. The molecular formula is C68H47N. The van der Waals surface area contributed by atoms with Gasteiger partial charge in [0.05, 0.1) is 11.0 Å². The van der Waals surface area contributed by atoms with Crippen LogP contribution >= 0.6 is 0 Å². The smallest absolute Gasteiger partial charge is 0.0645 e. The van der Waals surface area contributed by atoms with Crippen molar-refractivity contribution in [3.8, 4) is 77.9 Å². The lowest BCUT2D eigenvalue weighted by molar-refractivity contribution is 1.28. The molecule has 0 aliphatic rings. The van der Waals surface area contributed by atoms with E-state index < -0.39 is 24.2 Å². The molecular weight excluding hydrogens is 831 g/mol. The van der Waals surface area contributed by atoms with E-state index in [-0.39, 0.29) is 46.7 Å². The molecule has 0 aliphatic carbocycles. The minimum atomic E-state index is -0.411. The second-order valence-electron chi connectivity index (χ2n) is 17.0. The van der Waals surface area contributed by atoms with Crippen LogP contribution in [0.4, 0.5) is 17.1 Å². The van der Waals surface area contributed by atoms with E-state index in [9.17, 15) is 11.0 Å². The van der Waals surface area contributed by atoms with Gasteiger partial charge in [-0.25, -0.2) is 0 Å². The van der Waals surface area contributed by atoms with Gasteiger partial charge in [-0.2, -0.15) is 0 Å². The summed E-state index contributed by atoms with van der Waals surface area (Å²) in [6.07, 6.45) is 0. The number of benzene rings is 12. The molecule has 0 aromatic heterocycles. The van der Waals surface area contributed by atoms with Crippen LogP contribution in [0.5, 0.6) is 0 Å². The molecule has 0 bridgehead atoms. The predicted octanol–water partition coefficient (Wildman–Crippen LogP) is 19.1. The quantitative estimate of drug-likeness (QED) is 0.132. The molecule has 1 nitrogen and oxygen atoms in total. The third kappa shape index (κ3) is 8.18. The van der Waals surface area contributed by atoms with E-state index in [4.69, 9.17) is 0 Å². The molecule has 324 valence electrons. The highest BCUT2D eigenvalue weighted by molar-refractivity contribution is 6.04. The molecule has 12 rings (SSSR count). The van der Waals surface area contributed by atoms with Crippen LogP contribution in [0.15, 0.2) is 285 Å². The summed E-state index contributed by atoms with van der Waals surface area (Å²) in [6, 6.07) is 74.2. The van der Waals surface area contributed by atoms with Crippen LogP contribution in [0.2, 0.25) is 0 Å². The lowest BCUT2D eigenvalue weighted by Crippen LogP contribution is -2.09. The second kappa shape index (κ2) is 18.3. The van der Waals surface area contributed by atoms with Gasteiger partial charge in [0.2, 0.25) is 0 Å². The summed E-state index contributed by atoms with van der Waals surface area (Å²) < 4.78 is 78.1. The average molecular weight is 886 g/mol. The molecule has 0 N–H and O–H groups in total. The van der Waals surface area contributed by atoms with Crippen molar-refractivity contribution in [3.05, 3.63) is 285 Å². The summed E-state index contributed by atoms with van der Waals surface area (Å²) in [5.41, 5.74) is 10.6. The minimum absolute atomic E-state index is 0.0938. The van der Waals surface area contributed by atoms with E-state index in [0.717, 1.165) is 77.2 Å². The van der Waals surface area contributed by atoms with Gasteiger partial charge < -0.3 is 4.90 Å². The van der Waals surface area contributed by atoms with Crippen LogP contribution in [0.1, 0.15) is 11.0 Å². The van der Waals surface area contributed by atoms with Crippen molar-refractivity contribution in [3.63, 3.8) is 0 Å². The average Bonchev–Trinajstić information content (AvgIpc) is 3.57. The number of rotatable bonds is 10. The summed E-state index contributed by atoms with van der Waals surface area (Å²) in [4.78, 5) is 1.37. The molecule has 12 aromatic rings. The zero-order valence-corrected chi connectivity index (χ0v) is 37.5. The Balaban J connectivity index is 1.03. The Labute approximate surface area is 415 Å². The Morgan fingerprint density at radius 2 is 0.681 bits per heavy atom. The van der Waals surface area contributed by atoms with Gasteiger partial charge in [0.15, 0.2) is 0 Å². The highest BCUT2D eigenvalue weighted by atomic mass is 15.1. The monoisotopic (exact) mass is 885 g/mol. The first kappa shape index (κ1) is 33.4. The molecule has 69 heavy (non-hydrogen) atoms. The molecule has 0 unspecified atom stereocenters. The molecule has 1 heteroatoms. The standard InChI is InChI=1S/C68H47N/c1-4-15-51(16-5-1)64-45-38-58(47-67(64)53-17-6-2-7-18-53)50-33-41-60(42-34-50)69(59-39-31-49(32-40-59)48-27-29-55(30-28-48)63-26-14-23-52-19-10-12-24-62(52)63)61-43-35-56(36-44-61)66-46-37-54-20-11-13-25-65(54)68(66)57-21-8-3-9-22-57/h1-47H/i31D,32D,35D,36D,39D,40D,43D,44D. The zero-order chi connectivity index (χ0) is 52.9. The first-order chi connectivity index (χ1) is 37.6. The Hall–Kier alpha value is -9.04. The number of hydrogen-bond acceptors (Lipinski definition) is 1. The number of anilines is 3. The maximum absolute atomic E-state index is 9.88. The van der Waals surface area contributed by atoms with E-state index in [0.29, 0.717) is 16.8 Å². The van der Waals surface area contributed by atoms with Crippen molar-refractivity contribution in [2.45, 2.75) is 0 Å². The van der Waals surface area contributed by atoms with Crippen molar-refractivity contribution in [1.82, 2.24) is 0 Å². The van der Waals surface area contributed by atoms with Gasteiger partial charge in [0.25, 0.3) is 0 Å². The first-order valence-corrected chi connectivity index (χ1v) is 23.1. The molecule has 0 atom stereocenters. The third-order valence-electron chi connectivity index (χ3n) is 12.9. The summed E-state index contributed by atoms with van der Waals surface area (Å²) in [5, 5.41) is 4.02. The summed E-state index contributed by atoms with van der Waals surface area (Å²) in [7, 11) is 0. The third-order valence-corrected chi connectivity index (χ3v) is 12.9. The Kier molecular flexibility index (Phi) is 8.88. The number of hydrogen-bond donors (Lipinski definition) is 0. The van der Waals surface area contributed by atoms with Crippen LogP contribution in [-0.4, -0.2) is 0 Å². The van der Waals surface area contributed by atoms with E-state index in [1.807, 2.05) is 158 Å². The largest absolute Gasteiger partial charge is 0.311 e. The van der Waals surface area contributed by atoms with Crippen molar-refractivity contribution < 1.29 is 11.0 Å². The lowest BCUT2D eigenvalue weighted by atomic mass is 9.90. The summed E-state index contributed by atoms with van der Waals surface area (Å²) >= 11 is 0. The van der Waals surface area contributed by atoms with E-state index in [1.165, 1.54) is 4.90 Å². The predicted molar refractivity (Wildman–Crippen MR) is 294 cm³/mol. The maximum Gasteiger partial charge on any atom is 0.0645 e. The lowest BCUT2D eigenvalue weighted by Gasteiger charge is -2.26. The molecule has 0 heterocycles. The van der Waals surface area contributed by atoms with Gasteiger partial charge in [-0.3, -0.25) is 0 Å². The number of nitrogens with zero attached hydrogens (tertiary/aromatic N) is 1. The van der Waals surface area contributed by atoms with Crippen molar-refractivity contribution in [1.29, 1.82) is 0 Å². The second-order valence-corrected chi connectivity index (χ2v) is 17.0. The molecule has 12 aromatic carbocycles. The van der Waals surface area contributed by atoms with Crippen LogP contribution in [0.25, 0.3) is 99.4 Å². The van der Waals surface area contributed by atoms with Gasteiger partial charge in [-0.05, 0) is 142 Å². The maximum atomic E-state index is 9.88. The van der Waals surface area contributed by atoms with Gasteiger partial charge >= 0.3 is 0 Å². The highest BCUT2D eigenvalue weighted by Gasteiger charge is 2.17. The molecule has 0 saturated heterocycles. The van der Waals surface area contributed by atoms with E-state index >= 15 is 0 Å². The van der Waals surface area contributed by atoms with Crippen molar-refractivity contribution in [2.24, 2.45) is 0 Å². The van der Waals surface area contributed by atoms with Crippen LogP contribution in [-0.2, 0) is 0 Å². The molecule has 0 amide bonds. The van der Waals surface area contributed by atoms with Crippen LogP contribution in [0.3, 0.4) is 0 Å². The fourth-order valence-electron chi connectivity index (χ4n) is 9.43. The van der Waals surface area contributed by atoms with E-state index in [1.54, 1.807) is 12.1 Å². The Morgan fingerprint density at radius 3 is 1.33 bits per heavy atom. The summed E-state index contributed by atoms with van der Waals surface area (Å²) in [5.74, 6) is 0. The fraction of sp³-hybridized carbons (Fsp3) is 0. The summed E-state index contributed by atoms with van der Waals surface area (Å²) in [6.45, 7) is 0. The van der Waals surface area contributed by atoms with E-state index in [2.05, 4.69) is 66.7 Å². The highest BCUT2D eigenvalue weighted by Crippen LogP contribution is 2.42. The minimum Gasteiger partial charge on any atom is -0.311 e. The first-order valence-electron chi connectivity index (χ1n) is 27.1. The van der Waals surface area contributed by atoms with Gasteiger partial charge in [0.1, 0.15) is 0 Å². The molecule has 0 spiro atoms. The van der Waals surface area contributed by atoms with Gasteiger partial charge in [0, 0.05) is 17.1 Å². The molecule has 0 aliphatic heterocycles. The van der Waals surface area contributed by atoms with Gasteiger partial charge in [-0.15, -0.1) is 0 Å². The molecule has 0 radical (unpaired) electrons. The normalized spacial score (nSPS) is 12.8. The topological polar surface area (TPSA) is 3.24 Å². The fourth-order valence-corrected chi connectivity index (χ4v) is 9.43. The van der Waals surface area contributed by atoms with Crippen molar-refractivity contribution >= 4 is 38.6 Å². The van der Waals surface area contributed by atoms with Crippen LogP contribution < -0.4 is 4.90 Å². The van der Waals surface area contributed by atoms with Gasteiger partial charge in [-0.1, -0.05) is 243 Å². The SMILES string of the molecule is [2H]c1c([2H])c(N(c2ccc(-c3ccc(-c4ccccc4)c(-c4ccccc4)c3)cc2)c2c([2H])c([2H])c(-c3ccc4ccccc4c3-c3ccccc3)c([2H])c2[2H])c([2H])c([2H])c1-c1ccc(-c2cccc3ccccc23)cc1.